The molecule has 148 valence electrons. The first-order valence-electron chi connectivity index (χ1n) is 8.84. The summed E-state index contributed by atoms with van der Waals surface area (Å²) >= 11 is 1.41. The molecule has 2 aromatic rings. The van der Waals surface area contributed by atoms with E-state index in [2.05, 4.69) is 27.2 Å². The van der Waals surface area contributed by atoms with Crippen molar-refractivity contribution in [2.75, 3.05) is 11.9 Å². The van der Waals surface area contributed by atoms with E-state index in [1.54, 1.807) is 12.1 Å². The monoisotopic (exact) mass is 410 g/mol. The Kier molecular flexibility index (Phi) is 6.94. The van der Waals surface area contributed by atoms with E-state index < -0.39 is 15.9 Å². The molecule has 0 aliphatic carbocycles. The van der Waals surface area contributed by atoms with Crippen LogP contribution in [0.3, 0.4) is 0 Å². The molecule has 0 saturated heterocycles. The van der Waals surface area contributed by atoms with Crippen LogP contribution in [0.1, 0.15) is 47.0 Å². The standard InChI is InChI=1S/C18H26N4O3S2/c1-5-6-11-19-17-21-20-16(26-17)13-7-9-14(10-8-13)27(24,25)22-15(23)12-18(2,3)4/h7-10H,5-6,11-12H2,1-4H3,(H,19,21)(H,22,23). The van der Waals surface area contributed by atoms with Crippen LogP contribution in [-0.4, -0.2) is 31.1 Å². The predicted molar refractivity (Wildman–Crippen MR) is 108 cm³/mol. The van der Waals surface area contributed by atoms with Crippen LogP contribution in [0.2, 0.25) is 0 Å². The molecule has 9 heteroatoms. The molecule has 0 bridgehead atoms. The molecule has 0 saturated carbocycles. The van der Waals surface area contributed by atoms with Gasteiger partial charge in [-0.25, -0.2) is 13.1 Å². The summed E-state index contributed by atoms with van der Waals surface area (Å²) < 4.78 is 26.8. The number of anilines is 1. The van der Waals surface area contributed by atoms with Gasteiger partial charge in [0.1, 0.15) is 5.01 Å². The molecule has 1 amide bonds. The highest BCUT2D eigenvalue weighted by atomic mass is 32.2. The summed E-state index contributed by atoms with van der Waals surface area (Å²) in [6.07, 6.45) is 2.28. The van der Waals surface area contributed by atoms with Gasteiger partial charge in [0.15, 0.2) is 0 Å². The topological polar surface area (TPSA) is 101 Å². The molecule has 7 nitrogen and oxygen atoms in total. The number of rotatable bonds is 8. The zero-order chi connectivity index (χ0) is 20.1. The molecule has 2 rings (SSSR count). The Morgan fingerprint density at radius 1 is 1.15 bits per heavy atom. The van der Waals surface area contributed by atoms with E-state index in [-0.39, 0.29) is 16.7 Å². The van der Waals surface area contributed by atoms with Crippen LogP contribution in [0.5, 0.6) is 0 Å². The molecule has 0 atom stereocenters. The smallest absolute Gasteiger partial charge is 0.264 e. The average molecular weight is 411 g/mol. The molecule has 0 spiro atoms. The van der Waals surface area contributed by atoms with Crippen molar-refractivity contribution in [2.24, 2.45) is 5.41 Å². The number of benzene rings is 1. The maximum Gasteiger partial charge on any atom is 0.264 e. The first-order valence-corrected chi connectivity index (χ1v) is 11.1. The lowest BCUT2D eigenvalue weighted by Crippen LogP contribution is -2.33. The minimum absolute atomic E-state index is 0.0410. The second-order valence-corrected chi connectivity index (χ2v) is 10.1. The highest BCUT2D eigenvalue weighted by Crippen LogP contribution is 2.27. The van der Waals surface area contributed by atoms with Gasteiger partial charge in [-0.2, -0.15) is 0 Å². The summed E-state index contributed by atoms with van der Waals surface area (Å²) in [6, 6.07) is 6.26. The van der Waals surface area contributed by atoms with Crippen LogP contribution in [0.15, 0.2) is 29.2 Å². The molecule has 0 fully saturated rings. The highest BCUT2D eigenvalue weighted by Gasteiger charge is 2.22. The van der Waals surface area contributed by atoms with Crippen molar-refractivity contribution in [1.29, 1.82) is 0 Å². The lowest BCUT2D eigenvalue weighted by Gasteiger charge is -2.17. The molecule has 0 aliphatic heterocycles. The molecular formula is C18H26N4O3S2. The van der Waals surface area contributed by atoms with E-state index in [1.807, 2.05) is 20.8 Å². The fourth-order valence-electron chi connectivity index (χ4n) is 2.29. The molecule has 1 aromatic carbocycles. The van der Waals surface area contributed by atoms with E-state index >= 15 is 0 Å². The number of unbranched alkanes of at least 4 members (excludes halogenated alkanes) is 1. The van der Waals surface area contributed by atoms with Crippen molar-refractivity contribution in [3.05, 3.63) is 24.3 Å². The van der Waals surface area contributed by atoms with Crippen LogP contribution in [-0.2, 0) is 14.8 Å². The van der Waals surface area contributed by atoms with Crippen molar-refractivity contribution < 1.29 is 13.2 Å². The second-order valence-electron chi connectivity index (χ2n) is 7.48. The van der Waals surface area contributed by atoms with E-state index in [9.17, 15) is 13.2 Å². The lowest BCUT2D eigenvalue weighted by molar-refractivity contribution is -0.121. The zero-order valence-electron chi connectivity index (χ0n) is 16.1. The quantitative estimate of drug-likeness (QED) is 0.644. The Labute approximate surface area is 164 Å². The van der Waals surface area contributed by atoms with E-state index in [0.29, 0.717) is 5.01 Å². The normalized spacial score (nSPS) is 12.0. The summed E-state index contributed by atoms with van der Waals surface area (Å²) in [4.78, 5) is 12.0. The largest absolute Gasteiger partial charge is 0.360 e. The van der Waals surface area contributed by atoms with Gasteiger partial charge in [-0.1, -0.05) is 57.6 Å². The molecule has 27 heavy (non-hydrogen) atoms. The third kappa shape index (κ3) is 6.59. The Balaban J connectivity index is 2.07. The lowest BCUT2D eigenvalue weighted by atomic mass is 9.92. The minimum atomic E-state index is -3.89. The molecular weight excluding hydrogens is 384 g/mol. The Bertz CT molecular complexity index is 869. The number of nitrogens with zero attached hydrogens (tertiary/aromatic N) is 2. The fourth-order valence-corrected chi connectivity index (χ4v) is 4.05. The van der Waals surface area contributed by atoms with Gasteiger partial charge in [0.25, 0.3) is 10.0 Å². The molecule has 0 radical (unpaired) electrons. The first kappa shape index (κ1) is 21.3. The Morgan fingerprint density at radius 3 is 2.41 bits per heavy atom. The third-order valence-corrected chi connectivity index (χ3v) is 5.90. The Hall–Kier alpha value is -2.00. The maximum absolute atomic E-state index is 12.4. The molecule has 1 aromatic heterocycles. The SMILES string of the molecule is CCCCNc1nnc(-c2ccc(S(=O)(=O)NC(=O)CC(C)(C)C)cc2)s1. The summed E-state index contributed by atoms with van der Waals surface area (Å²) in [7, 11) is -3.89. The van der Waals surface area contributed by atoms with Gasteiger partial charge >= 0.3 is 0 Å². The van der Waals surface area contributed by atoms with Crippen LogP contribution in [0, 0.1) is 5.41 Å². The number of carbonyl (C=O) groups excluding carboxylic acids is 1. The zero-order valence-corrected chi connectivity index (χ0v) is 17.7. The van der Waals surface area contributed by atoms with Gasteiger partial charge in [0.2, 0.25) is 11.0 Å². The molecule has 0 aliphatic rings. The summed E-state index contributed by atoms with van der Waals surface area (Å²) in [5, 5.41) is 12.9. The van der Waals surface area contributed by atoms with E-state index in [4.69, 9.17) is 0 Å². The van der Waals surface area contributed by atoms with E-state index in [0.717, 1.165) is 30.1 Å². The fraction of sp³-hybridized carbons (Fsp3) is 0.500. The number of aromatic nitrogens is 2. The number of sulfonamides is 1. The summed E-state index contributed by atoms with van der Waals surface area (Å²) in [6.45, 7) is 8.59. The van der Waals surface area contributed by atoms with Crippen LogP contribution >= 0.6 is 11.3 Å². The van der Waals surface area contributed by atoms with Gasteiger partial charge in [-0.3, -0.25) is 4.79 Å². The second kappa shape index (κ2) is 8.79. The van der Waals surface area contributed by atoms with Gasteiger partial charge < -0.3 is 5.32 Å². The predicted octanol–water partition coefficient (Wildman–Crippen LogP) is 3.66. The number of amides is 1. The van der Waals surface area contributed by atoms with Gasteiger partial charge in [-0.15, -0.1) is 10.2 Å². The van der Waals surface area contributed by atoms with Gasteiger partial charge in [0.05, 0.1) is 4.90 Å². The first-order chi connectivity index (χ1) is 12.6. The van der Waals surface area contributed by atoms with Crippen molar-refractivity contribution in [3.8, 4) is 10.6 Å². The number of hydrogen-bond donors (Lipinski definition) is 2. The van der Waals surface area contributed by atoms with Crippen LogP contribution in [0.25, 0.3) is 10.6 Å². The van der Waals surface area contributed by atoms with Crippen molar-refractivity contribution in [3.63, 3.8) is 0 Å². The van der Waals surface area contributed by atoms with Gasteiger partial charge in [-0.05, 0) is 24.0 Å². The molecule has 1 heterocycles. The summed E-state index contributed by atoms with van der Waals surface area (Å²) in [5.41, 5.74) is 0.487. The van der Waals surface area contributed by atoms with Crippen molar-refractivity contribution >= 4 is 32.4 Å². The average Bonchev–Trinajstić information content (AvgIpc) is 3.02. The van der Waals surface area contributed by atoms with Crippen LogP contribution < -0.4 is 10.0 Å². The van der Waals surface area contributed by atoms with Crippen molar-refractivity contribution in [1.82, 2.24) is 14.9 Å². The van der Waals surface area contributed by atoms with E-state index in [1.165, 1.54) is 23.5 Å². The molecule has 2 N–H and O–H groups in total. The Morgan fingerprint density at radius 2 is 1.81 bits per heavy atom. The van der Waals surface area contributed by atoms with Crippen LogP contribution in [0.4, 0.5) is 5.13 Å². The highest BCUT2D eigenvalue weighted by molar-refractivity contribution is 7.90. The summed E-state index contributed by atoms with van der Waals surface area (Å²) in [5.74, 6) is -0.515. The number of carbonyl (C=O) groups is 1. The minimum Gasteiger partial charge on any atom is -0.360 e. The van der Waals surface area contributed by atoms with Gasteiger partial charge in [0, 0.05) is 18.5 Å². The third-order valence-electron chi connectivity index (χ3n) is 3.58. The van der Waals surface area contributed by atoms with Crippen molar-refractivity contribution in [2.45, 2.75) is 51.9 Å². The maximum atomic E-state index is 12.4. The number of hydrogen-bond acceptors (Lipinski definition) is 7. The number of nitrogens with one attached hydrogen (secondary N) is 2. The molecule has 0 unspecified atom stereocenters.